The third kappa shape index (κ3) is 13.3. The van der Waals surface area contributed by atoms with E-state index in [0.29, 0.717) is 62.6 Å². The number of likely N-dealkylation sites (tertiary alicyclic amines) is 3. The van der Waals surface area contributed by atoms with Gasteiger partial charge in [-0.2, -0.15) is 0 Å². The van der Waals surface area contributed by atoms with E-state index in [0.717, 1.165) is 59.4 Å². The Morgan fingerprint density at radius 2 is 1.49 bits per heavy atom. The minimum Gasteiger partial charge on any atom is -0.391 e. The third-order valence-corrected chi connectivity index (χ3v) is 14.9. The van der Waals surface area contributed by atoms with Gasteiger partial charge >= 0.3 is 0 Å². The van der Waals surface area contributed by atoms with Crippen LogP contribution in [0.1, 0.15) is 123 Å². The van der Waals surface area contributed by atoms with Gasteiger partial charge in [-0.1, -0.05) is 63.9 Å². The molecule has 3 aliphatic heterocycles. The maximum Gasteiger partial charge on any atom is 0.253 e. The number of nitrogens with one attached hydrogen (secondary N) is 3. The van der Waals surface area contributed by atoms with E-state index in [9.17, 15) is 33.9 Å². The van der Waals surface area contributed by atoms with Crippen LogP contribution in [0.15, 0.2) is 84.6 Å². The molecule has 0 radical (unpaired) electrons. The Balaban J connectivity index is 0.834. The van der Waals surface area contributed by atoms with Crippen LogP contribution in [0.25, 0.3) is 16.5 Å². The van der Waals surface area contributed by atoms with Crippen molar-refractivity contribution in [2.45, 2.75) is 110 Å². The summed E-state index contributed by atoms with van der Waals surface area (Å²) >= 11 is 1.57. The first-order valence-electron chi connectivity index (χ1n) is 24.7. The highest BCUT2D eigenvalue weighted by Crippen LogP contribution is 2.31. The summed E-state index contributed by atoms with van der Waals surface area (Å²) in [6.45, 7) is 12.1. The number of carbonyl (C=O) groups is 6. The summed E-state index contributed by atoms with van der Waals surface area (Å²) in [7, 11) is 0. The second-order valence-corrected chi connectivity index (χ2v) is 21.0. The Morgan fingerprint density at radius 1 is 0.843 bits per heavy atom. The minimum atomic E-state index is -0.961. The number of aliphatic hydroxyl groups is 1. The summed E-state index contributed by atoms with van der Waals surface area (Å²) < 4.78 is 0. The number of nitrogens with zero attached hydrogens (tertiary/aromatic N) is 5. The molecule has 3 saturated heterocycles. The van der Waals surface area contributed by atoms with E-state index in [4.69, 9.17) is 0 Å². The second-order valence-electron chi connectivity index (χ2n) is 20.1. The summed E-state index contributed by atoms with van der Waals surface area (Å²) in [4.78, 5) is 95.6. The molecule has 4 N–H and O–H groups in total. The molecule has 4 aromatic rings. The highest BCUT2D eigenvalue weighted by Gasteiger charge is 2.45. The first-order valence-corrected chi connectivity index (χ1v) is 25.6. The van der Waals surface area contributed by atoms with Crippen LogP contribution in [0.4, 0.5) is 0 Å². The first kappa shape index (κ1) is 51.6. The Labute approximate surface area is 415 Å². The lowest BCUT2D eigenvalue weighted by atomic mass is 9.84. The zero-order valence-electron chi connectivity index (χ0n) is 41.1. The van der Waals surface area contributed by atoms with Crippen molar-refractivity contribution in [3.63, 3.8) is 0 Å². The van der Waals surface area contributed by atoms with Crippen LogP contribution in [0, 0.1) is 24.2 Å². The lowest BCUT2D eigenvalue weighted by Gasteiger charge is -2.37. The summed E-state index contributed by atoms with van der Waals surface area (Å²) in [6.07, 6.45) is 11.5. The molecule has 5 heterocycles. The monoisotopic (exact) mass is 972 g/mol. The number of aromatic nitrogens is 2. The molecule has 0 bridgehead atoms. The molecule has 2 aromatic carbocycles. The maximum atomic E-state index is 14.3. The molecule has 372 valence electrons. The smallest absolute Gasteiger partial charge is 0.253 e. The molecular formula is C54H68N8O7S. The highest BCUT2D eigenvalue weighted by atomic mass is 32.1. The van der Waals surface area contributed by atoms with Gasteiger partial charge in [0.05, 0.1) is 28.2 Å². The van der Waals surface area contributed by atoms with Gasteiger partial charge in [-0.15, -0.1) is 11.3 Å². The van der Waals surface area contributed by atoms with E-state index in [1.807, 2.05) is 81.4 Å². The number of pyridine rings is 1. The van der Waals surface area contributed by atoms with Crippen molar-refractivity contribution >= 4 is 52.9 Å². The Hall–Kier alpha value is -6.26. The van der Waals surface area contributed by atoms with Crippen molar-refractivity contribution in [3.8, 4) is 10.4 Å². The SMILES string of the molecule is Cc1ncsc1-c1ccc([C@H](C)NC(=O)[C@@H]2C[C@@H](O)CN2C(=O)[C@@H](NC(=O)C2CCN(C(=O)c3ccc(C(=O)N4CCC(CCCCNC(=O)/C=C/c5cccnc5)CC4)cc3)CC2)C(C)(C)C)cc1. The highest BCUT2D eigenvalue weighted by molar-refractivity contribution is 7.13. The third-order valence-electron chi connectivity index (χ3n) is 13.9. The van der Waals surface area contributed by atoms with Crippen LogP contribution in [-0.2, 0) is 19.2 Å². The summed E-state index contributed by atoms with van der Waals surface area (Å²) in [5, 5.41) is 19.7. The van der Waals surface area contributed by atoms with Gasteiger partial charge in [0.15, 0.2) is 0 Å². The van der Waals surface area contributed by atoms with Crippen molar-refractivity contribution in [1.29, 1.82) is 0 Å². The van der Waals surface area contributed by atoms with E-state index in [2.05, 4.69) is 25.9 Å². The number of aliphatic hydroxyl groups excluding tert-OH is 1. The van der Waals surface area contributed by atoms with Crippen LogP contribution in [0.2, 0.25) is 0 Å². The predicted molar refractivity (Wildman–Crippen MR) is 270 cm³/mol. The number of hydrogen-bond donors (Lipinski definition) is 4. The van der Waals surface area contributed by atoms with Crippen LogP contribution in [-0.4, -0.2) is 123 Å². The minimum absolute atomic E-state index is 0.0236. The fourth-order valence-corrected chi connectivity index (χ4v) is 10.5. The molecule has 6 amide bonds. The number of hydrogen-bond acceptors (Lipinski definition) is 10. The van der Waals surface area contributed by atoms with Gasteiger partial charge in [-0.05, 0) is 110 Å². The Bertz CT molecular complexity index is 2470. The van der Waals surface area contributed by atoms with Crippen molar-refractivity contribution in [3.05, 3.63) is 113 Å². The lowest BCUT2D eigenvalue weighted by Crippen LogP contribution is -2.59. The number of amides is 6. The number of benzene rings is 2. The summed E-state index contributed by atoms with van der Waals surface area (Å²) in [5.41, 5.74) is 5.88. The van der Waals surface area contributed by atoms with Crippen LogP contribution < -0.4 is 16.0 Å². The molecular weight excluding hydrogens is 905 g/mol. The molecule has 4 atom stereocenters. The average molecular weight is 973 g/mol. The number of rotatable bonds is 16. The van der Waals surface area contributed by atoms with E-state index in [-0.39, 0.29) is 48.5 Å². The molecule has 2 aromatic heterocycles. The standard InChI is InChI=1S/C54H68N8O7S/c1-35(39-12-14-40(15-13-39)47-36(2)57-34-70-47)58-50(66)45-31-44(63)33-62(45)53(69)48(54(3,4)5)59-49(65)41-23-29-61(30-24-41)52(68)43-18-16-42(17-19-43)51(67)60-27-21-37(22-28-60)9-6-7-26-56-46(64)20-11-38-10-8-25-55-32-38/h8,10-20,25,32,34-35,37,41,44-45,48,63H,6-7,9,21-24,26-31,33H2,1-5H3,(H,56,64)(H,58,66)(H,59,65)/b20-11+/t35-,44+,45-,48+/m0/s1. The zero-order valence-corrected chi connectivity index (χ0v) is 41.9. The second kappa shape index (κ2) is 23.6. The van der Waals surface area contributed by atoms with Gasteiger partial charge in [0.1, 0.15) is 12.1 Å². The van der Waals surface area contributed by atoms with E-state index >= 15 is 0 Å². The molecule has 15 nitrogen and oxygen atoms in total. The molecule has 3 fully saturated rings. The number of aryl methyl sites for hydroxylation is 1. The molecule has 16 heteroatoms. The normalized spacial score (nSPS) is 18.9. The number of thiazole rings is 1. The van der Waals surface area contributed by atoms with Crippen molar-refractivity contribution in [2.24, 2.45) is 17.3 Å². The average Bonchev–Trinajstić information content (AvgIpc) is 3.99. The number of piperidine rings is 2. The van der Waals surface area contributed by atoms with Crippen LogP contribution in [0.5, 0.6) is 0 Å². The van der Waals surface area contributed by atoms with Crippen molar-refractivity contribution < 1.29 is 33.9 Å². The first-order chi connectivity index (χ1) is 33.5. The number of carbonyl (C=O) groups excluding carboxylic acids is 6. The lowest BCUT2D eigenvalue weighted by molar-refractivity contribution is -0.144. The predicted octanol–water partition coefficient (Wildman–Crippen LogP) is 6.59. The Kier molecular flexibility index (Phi) is 17.4. The van der Waals surface area contributed by atoms with Gasteiger partial charge in [0.2, 0.25) is 23.6 Å². The zero-order chi connectivity index (χ0) is 50.0. The van der Waals surface area contributed by atoms with Crippen LogP contribution in [0.3, 0.4) is 0 Å². The van der Waals surface area contributed by atoms with Gasteiger partial charge in [-0.3, -0.25) is 33.8 Å². The van der Waals surface area contributed by atoms with Gasteiger partial charge in [0.25, 0.3) is 11.8 Å². The van der Waals surface area contributed by atoms with E-state index in [1.54, 1.807) is 59.0 Å². The fourth-order valence-electron chi connectivity index (χ4n) is 9.64. The fraction of sp³-hybridized carbons (Fsp3) is 0.481. The summed E-state index contributed by atoms with van der Waals surface area (Å²) in [6, 6.07) is 16.2. The molecule has 0 saturated carbocycles. The molecule has 0 unspecified atom stereocenters. The van der Waals surface area contributed by atoms with E-state index in [1.165, 1.54) is 11.0 Å². The van der Waals surface area contributed by atoms with Crippen molar-refractivity contribution in [2.75, 3.05) is 39.3 Å². The van der Waals surface area contributed by atoms with Gasteiger partial charge < -0.3 is 35.8 Å². The Morgan fingerprint density at radius 3 is 2.07 bits per heavy atom. The van der Waals surface area contributed by atoms with Crippen LogP contribution >= 0.6 is 11.3 Å². The topological polar surface area (TPSA) is 194 Å². The summed E-state index contributed by atoms with van der Waals surface area (Å²) in [5.74, 6) is -1.32. The maximum absolute atomic E-state index is 14.3. The number of unbranched alkanes of at least 4 members (excludes halogenated alkanes) is 1. The molecule has 7 rings (SSSR count). The van der Waals surface area contributed by atoms with E-state index < -0.39 is 35.4 Å². The quantitative estimate of drug-likeness (QED) is 0.0709. The number of β-amino-alcohol motifs (C(OH)–C–C–N with tert-alkyl or cyclic N) is 1. The molecule has 70 heavy (non-hydrogen) atoms. The molecule has 0 aliphatic carbocycles. The molecule has 3 aliphatic rings. The van der Waals surface area contributed by atoms with Gasteiger partial charge in [0, 0.05) is 81.2 Å². The largest absolute Gasteiger partial charge is 0.391 e. The van der Waals surface area contributed by atoms with Crippen molar-refractivity contribution in [1.82, 2.24) is 40.6 Å². The molecule has 0 spiro atoms. The van der Waals surface area contributed by atoms with Gasteiger partial charge in [-0.25, -0.2) is 4.98 Å².